The van der Waals surface area contributed by atoms with Gasteiger partial charge in [-0.2, -0.15) is 0 Å². The molecule has 4 nitrogen and oxygen atoms in total. The van der Waals surface area contributed by atoms with E-state index < -0.39 is 10.8 Å². The molecule has 0 bridgehead atoms. The maximum Gasteiger partial charge on any atom is 0.193 e. The van der Waals surface area contributed by atoms with Crippen LogP contribution >= 0.6 is 0 Å². The molecule has 1 aliphatic carbocycles. The third-order valence-corrected chi connectivity index (χ3v) is 6.65. The van der Waals surface area contributed by atoms with Crippen molar-refractivity contribution in [2.24, 2.45) is 16.8 Å². The van der Waals surface area contributed by atoms with E-state index in [9.17, 15) is 4.21 Å². The summed E-state index contributed by atoms with van der Waals surface area (Å²) in [6, 6.07) is 10.1. The van der Waals surface area contributed by atoms with Gasteiger partial charge in [0.25, 0.3) is 0 Å². The zero-order chi connectivity index (χ0) is 17.5. The maximum absolute atomic E-state index is 12.3. The van der Waals surface area contributed by atoms with Crippen LogP contribution in [0.5, 0.6) is 0 Å². The van der Waals surface area contributed by atoms with E-state index in [0.29, 0.717) is 18.1 Å². The van der Waals surface area contributed by atoms with E-state index >= 15 is 0 Å². The van der Waals surface area contributed by atoms with E-state index in [0.717, 1.165) is 43.0 Å². The quantitative estimate of drug-likeness (QED) is 0.626. The normalized spacial score (nSPS) is 24.8. The van der Waals surface area contributed by atoms with Gasteiger partial charge in [0.2, 0.25) is 0 Å². The minimum atomic E-state index is -0.853. The van der Waals surface area contributed by atoms with Gasteiger partial charge in [0.1, 0.15) is 0 Å². The Morgan fingerprint density at radius 2 is 1.88 bits per heavy atom. The zero-order valence-electron chi connectivity index (χ0n) is 15.3. The first-order valence-electron chi connectivity index (χ1n) is 9.68. The Morgan fingerprint density at radius 3 is 2.52 bits per heavy atom. The Kier molecular flexibility index (Phi) is 6.91. The highest BCUT2D eigenvalue weighted by Gasteiger charge is 2.35. The number of benzene rings is 1. The summed E-state index contributed by atoms with van der Waals surface area (Å²) in [7, 11) is -0.853. The van der Waals surface area contributed by atoms with Crippen molar-refractivity contribution in [2.45, 2.75) is 38.4 Å². The lowest BCUT2D eigenvalue weighted by molar-refractivity contribution is 0.299. The third-order valence-electron chi connectivity index (χ3n) is 5.36. The van der Waals surface area contributed by atoms with E-state index in [1.165, 1.54) is 25.7 Å². The fraction of sp³-hybridized carbons (Fsp3) is 0.650. The Labute approximate surface area is 154 Å². The van der Waals surface area contributed by atoms with Crippen molar-refractivity contribution in [1.29, 1.82) is 0 Å². The minimum absolute atomic E-state index is 0.626. The number of hydrogen-bond donors (Lipinski definition) is 1. The van der Waals surface area contributed by atoms with Crippen molar-refractivity contribution in [3.05, 3.63) is 35.9 Å². The molecule has 2 aliphatic rings. The lowest BCUT2D eigenvalue weighted by Crippen LogP contribution is -2.40. The number of rotatable bonds is 6. The number of likely N-dealkylation sites (tertiary alicyclic amines) is 1. The number of fused-ring (bicyclic) bond motifs is 1. The average molecular weight is 362 g/mol. The molecule has 1 aliphatic heterocycles. The molecule has 0 aromatic heterocycles. The highest BCUT2D eigenvalue weighted by atomic mass is 32.2. The molecular weight excluding hydrogens is 330 g/mol. The smallest absolute Gasteiger partial charge is 0.193 e. The van der Waals surface area contributed by atoms with E-state index in [2.05, 4.69) is 17.1 Å². The molecule has 2 fully saturated rings. The molecule has 3 rings (SSSR count). The van der Waals surface area contributed by atoms with Gasteiger partial charge < -0.3 is 10.2 Å². The van der Waals surface area contributed by atoms with Crippen LogP contribution in [0.3, 0.4) is 0 Å². The largest absolute Gasteiger partial charge is 0.357 e. The summed E-state index contributed by atoms with van der Waals surface area (Å²) in [4.78, 5) is 7.21. The fourth-order valence-electron chi connectivity index (χ4n) is 4.09. The second kappa shape index (κ2) is 9.37. The van der Waals surface area contributed by atoms with Crippen LogP contribution in [0, 0.1) is 11.8 Å². The van der Waals surface area contributed by atoms with Crippen LogP contribution in [0.2, 0.25) is 0 Å². The van der Waals surface area contributed by atoms with Crippen molar-refractivity contribution >= 4 is 16.8 Å². The molecule has 1 heterocycles. The van der Waals surface area contributed by atoms with Gasteiger partial charge in [0.15, 0.2) is 5.96 Å². The number of aliphatic imine (C=N–C) groups is 1. The van der Waals surface area contributed by atoms with Crippen LogP contribution in [0.15, 0.2) is 35.3 Å². The number of nitrogens with zero attached hydrogens (tertiary/aromatic N) is 2. The Bertz CT molecular complexity index is 576. The van der Waals surface area contributed by atoms with Gasteiger partial charge in [0, 0.05) is 41.9 Å². The van der Waals surface area contributed by atoms with Crippen molar-refractivity contribution in [3.8, 4) is 0 Å². The maximum atomic E-state index is 12.3. The van der Waals surface area contributed by atoms with Crippen LogP contribution in [0.1, 0.15) is 38.2 Å². The Morgan fingerprint density at radius 1 is 1.20 bits per heavy atom. The van der Waals surface area contributed by atoms with Crippen LogP contribution in [-0.2, 0) is 16.6 Å². The molecule has 3 unspecified atom stereocenters. The predicted molar refractivity (Wildman–Crippen MR) is 106 cm³/mol. The molecule has 5 heteroatoms. The Balaban J connectivity index is 1.51. The van der Waals surface area contributed by atoms with Crippen LogP contribution in [-0.4, -0.2) is 47.0 Å². The highest BCUT2D eigenvalue weighted by Crippen LogP contribution is 2.35. The van der Waals surface area contributed by atoms with Crippen LogP contribution in [0.4, 0.5) is 0 Å². The Hall–Kier alpha value is -1.36. The molecule has 0 radical (unpaired) electrons. The fourth-order valence-corrected chi connectivity index (χ4v) is 5.09. The van der Waals surface area contributed by atoms with Gasteiger partial charge >= 0.3 is 0 Å². The topological polar surface area (TPSA) is 44.7 Å². The van der Waals surface area contributed by atoms with Gasteiger partial charge in [-0.05, 0) is 37.2 Å². The summed E-state index contributed by atoms with van der Waals surface area (Å²) in [5.74, 6) is 3.98. The standard InChI is InChI=1S/C20H31N3OS/c1-2-21-20(23-14-18-10-6-7-11-19(18)15-23)22-12-13-25(24)16-17-8-4-3-5-9-17/h3-5,8-9,18-19H,2,6-7,10-16H2,1H3,(H,21,22). The zero-order valence-corrected chi connectivity index (χ0v) is 16.1. The van der Waals surface area contributed by atoms with Gasteiger partial charge in [-0.1, -0.05) is 43.2 Å². The molecule has 1 N–H and O–H groups in total. The molecule has 0 amide bonds. The molecule has 1 aromatic rings. The second-order valence-corrected chi connectivity index (χ2v) is 8.80. The monoisotopic (exact) mass is 361 g/mol. The summed E-state index contributed by atoms with van der Waals surface area (Å²) in [5, 5.41) is 3.43. The van der Waals surface area contributed by atoms with Crippen molar-refractivity contribution in [2.75, 3.05) is 31.9 Å². The number of hydrogen-bond acceptors (Lipinski definition) is 2. The lowest BCUT2D eigenvalue weighted by Gasteiger charge is -2.22. The summed E-state index contributed by atoms with van der Waals surface area (Å²) >= 11 is 0. The molecule has 1 saturated heterocycles. The molecule has 3 atom stereocenters. The predicted octanol–water partition coefficient (Wildman–Crippen LogP) is 3.02. The van der Waals surface area contributed by atoms with Crippen molar-refractivity contribution in [3.63, 3.8) is 0 Å². The third kappa shape index (κ3) is 5.30. The minimum Gasteiger partial charge on any atom is -0.357 e. The first kappa shape index (κ1) is 18.4. The summed E-state index contributed by atoms with van der Waals surface area (Å²) in [6.07, 6.45) is 5.53. The van der Waals surface area contributed by atoms with Gasteiger partial charge in [-0.3, -0.25) is 9.20 Å². The molecule has 0 spiro atoms. The number of nitrogens with one attached hydrogen (secondary N) is 1. The average Bonchev–Trinajstić information content (AvgIpc) is 3.06. The van der Waals surface area contributed by atoms with Crippen LogP contribution < -0.4 is 5.32 Å². The summed E-state index contributed by atoms with van der Waals surface area (Å²) in [5.41, 5.74) is 1.14. The molecule has 25 heavy (non-hydrogen) atoms. The molecule has 1 aromatic carbocycles. The number of guanidine groups is 1. The SMILES string of the molecule is CCNC(=NCCS(=O)Cc1ccccc1)N1CC2CCCCC2C1. The second-order valence-electron chi connectivity index (χ2n) is 7.22. The van der Waals surface area contributed by atoms with Crippen LogP contribution in [0.25, 0.3) is 0 Å². The first-order valence-corrected chi connectivity index (χ1v) is 11.2. The van der Waals surface area contributed by atoms with Gasteiger partial charge in [-0.15, -0.1) is 0 Å². The van der Waals surface area contributed by atoms with Gasteiger partial charge in [0.05, 0.1) is 6.54 Å². The molecule has 1 saturated carbocycles. The van der Waals surface area contributed by atoms with E-state index in [1.54, 1.807) is 0 Å². The lowest BCUT2D eigenvalue weighted by atomic mass is 9.82. The highest BCUT2D eigenvalue weighted by molar-refractivity contribution is 7.84. The molecule has 138 valence electrons. The van der Waals surface area contributed by atoms with Crippen molar-refractivity contribution in [1.82, 2.24) is 10.2 Å². The summed E-state index contributed by atoms with van der Waals surface area (Å²) < 4.78 is 12.3. The van der Waals surface area contributed by atoms with E-state index in [-0.39, 0.29) is 0 Å². The first-order chi connectivity index (χ1) is 12.3. The summed E-state index contributed by atoms with van der Waals surface area (Å²) in [6.45, 7) is 5.92. The van der Waals surface area contributed by atoms with Crippen molar-refractivity contribution < 1.29 is 4.21 Å². The van der Waals surface area contributed by atoms with Gasteiger partial charge in [-0.25, -0.2) is 0 Å². The molecular formula is C20H31N3OS. The van der Waals surface area contributed by atoms with E-state index in [1.807, 2.05) is 30.3 Å². The van der Waals surface area contributed by atoms with E-state index in [4.69, 9.17) is 4.99 Å².